The van der Waals surface area contributed by atoms with Crippen molar-refractivity contribution in [1.82, 2.24) is 5.32 Å². The lowest BCUT2D eigenvalue weighted by Gasteiger charge is -2.20. The highest BCUT2D eigenvalue weighted by Gasteiger charge is 2.45. The summed E-state index contributed by atoms with van der Waals surface area (Å²) in [5.74, 6) is 1.63. The molecule has 7 rings (SSSR count). The molecule has 3 aromatic rings. The normalized spacial score (nSPS) is 21.8. The van der Waals surface area contributed by atoms with Gasteiger partial charge in [0.05, 0.1) is 0 Å². The molecule has 2 aliphatic heterocycles. The summed E-state index contributed by atoms with van der Waals surface area (Å²) in [6, 6.07) is 18.5. The van der Waals surface area contributed by atoms with Crippen LogP contribution in [-0.2, 0) is 16.1 Å². The summed E-state index contributed by atoms with van der Waals surface area (Å²) in [7, 11) is 1.46. The SMILES string of the molecule is CON=C(N)c1ccccc1CNC(=O)c1ccc2c(c1)[C@@H]1O[C@H]2c2cc(C3CC3)c(C3CC3)cc21. The van der Waals surface area contributed by atoms with Gasteiger partial charge in [-0.2, -0.15) is 0 Å². The second-order valence-electron chi connectivity index (χ2n) is 10.4. The summed E-state index contributed by atoms with van der Waals surface area (Å²) in [4.78, 5) is 17.9. The number of benzene rings is 3. The van der Waals surface area contributed by atoms with Gasteiger partial charge in [0.2, 0.25) is 0 Å². The molecule has 0 saturated heterocycles. The van der Waals surface area contributed by atoms with E-state index in [4.69, 9.17) is 15.3 Å². The number of carbonyl (C=O) groups is 1. The maximum Gasteiger partial charge on any atom is 0.251 e. The first-order valence-electron chi connectivity index (χ1n) is 12.8. The van der Waals surface area contributed by atoms with E-state index >= 15 is 0 Å². The Bertz CT molecular complexity index is 1420. The van der Waals surface area contributed by atoms with E-state index in [0.717, 1.165) is 28.5 Å². The number of nitrogens with two attached hydrogens (primary N) is 1. The second-order valence-corrected chi connectivity index (χ2v) is 10.4. The van der Waals surface area contributed by atoms with Crippen molar-refractivity contribution in [1.29, 1.82) is 0 Å². The molecular formula is C30H29N3O3. The first-order valence-corrected chi connectivity index (χ1v) is 12.8. The van der Waals surface area contributed by atoms with Crippen LogP contribution < -0.4 is 11.1 Å². The molecule has 2 fully saturated rings. The van der Waals surface area contributed by atoms with Crippen LogP contribution in [0.15, 0.2) is 59.8 Å². The van der Waals surface area contributed by atoms with Crippen molar-refractivity contribution in [2.24, 2.45) is 10.9 Å². The molecule has 182 valence electrons. The molecule has 0 radical (unpaired) electrons. The molecule has 2 aliphatic carbocycles. The molecule has 1 amide bonds. The summed E-state index contributed by atoms with van der Waals surface area (Å²) < 4.78 is 6.48. The summed E-state index contributed by atoms with van der Waals surface area (Å²) >= 11 is 0. The van der Waals surface area contributed by atoms with Crippen molar-refractivity contribution >= 4 is 11.7 Å². The highest BCUT2D eigenvalue weighted by atomic mass is 16.6. The van der Waals surface area contributed by atoms with E-state index in [-0.39, 0.29) is 24.0 Å². The number of nitrogens with one attached hydrogen (secondary N) is 1. The van der Waals surface area contributed by atoms with Crippen LogP contribution in [0.25, 0.3) is 0 Å². The molecule has 0 unspecified atom stereocenters. The van der Waals surface area contributed by atoms with Crippen LogP contribution in [0.5, 0.6) is 0 Å². The lowest BCUT2D eigenvalue weighted by molar-refractivity contribution is 0.0857. The third-order valence-electron chi connectivity index (χ3n) is 8.00. The first-order chi connectivity index (χ1) is 17.6. The van der Waals surface area contributed by atoms with Gasteiger partial charge in [-0.25, -0.2) is 0 Å². The number of amides is 1. The Hall–Kier alpha value is -3.64. The van der Waals surface area contributed by atoms with E-state index in [2.05, 4.69) is 28.7 Å². The van der Waals surface area contributed by atoms with Gasteiger partial charge in [-0.1, -0.05) is 47.6 Å². The van der Waals surface area contributed by atoms with Crippen LogP contribution >= 0.6 is 0 Å². The topological polar surface area (TPSA) is 85.9 Å². The molecule has 2 saturated carbocycles. The molecule has 3 N–H and O–H groups in total. The Morgan fingerprint density at radius 2 is 1.56 bits per heavy atom. The molecule has 0 aromatic heterocycles. The minimum absolute atomic E-state index is 0.0159. The zero-order valence-corrected chi connectivity index (χ0v) is 20.3. The molecule has 36 heavy (non-hydrogen) atoms. The Balaban J connectivity index is 1.14. The lowest BCUT2D eigenvalue weighted by Crippen LogP contribution is -2.25. The summed E-state index contributed by atoms with van der Waals surface area (Å²) in [5, 5.41) is 6.86. The molecule has 2 atom stereocenters. The van der Waals surface area contributed by atoms with E-state index in [1.54, 1.807) is 11.1 Å². The highest BCUT2D eigenvalue weighted by Crippen LogP contribution is 2.58. The monoisotopic (exact) mass is 479 g/mol. The predicted molar refractivity (Wildman–Crippen MR) is 137 cm³/mol. The van der Waals surface area contributed by atoms with Crippen molar-refractivity contribution in [3.05, 3.63) is 105 Å². The summed E-state index contributed by atoms with van der Waals surface area (Å²) in [5.41, 5.74) is 16.4. The number of fused-ring (bicyclic) bond motifs is 8. The highest BCUT2D eigenvalue weighted by molar-refractivity contribution is 5.99. The molecule has 6 nitrogen and oxygen atoms in total. The zero-order valence-electron chi connectivity index (χ0n) is 20.3. The average molecular weight is 480 g/mol. The van der Waals surface area contributed by atoms with Gasteiger partial charge >= 0.3 is 0 Å². The Kier molecular flexibility index (Phi) is 4.93. The van der Waals surface area contributed by atoms with Crippen LogP contribution in [0.2, 0.25) is 0 Å². The number of hydrogen-bond acceptors (Lipinski definition) is 4. The zero-order chi connectivity index (χ0) is 24.4. The molecule has 6 heteroatoms. The summed E-state index contributed by atoms with van der Waals surface area (Å²) in [6.45, 7) is 0.339. The Morgan fingerprint density at radius 3 is 2.22 bits per heavy atom. The van der Waals surface area contributed by atoms with Crippen LogP contribution in [0, 0.1) is 0 Å². The van der Waals surface area contributed by atoms with Gasteiger partial charge in [-0.05, 0) is 88.6 Å². The van der Waals surface area contributed by atoms with Crippen LogP contribution in [0.3, 0.4) is 0 Å². The number of carbonyl (C=O) groups excluding carboxylic acids is 1. The number of amidine groups is 1. The van der Waals surface area contributed by atoms with Crippen LogP contribution in [0.1, 0.15) is 105 Å². The Labute approximate surface area is 210 Å². The quantitative estimate of drug-likeness (QED) is 0.278. The standard InChI is InChI=1S/C30H29N3O3/c1-35-33-29(31)20-5-3-2-4-19(20)15-32-30(34)18-10-11-21-24(12-18)28-26-14-23(17-8-9-17)22(16-6-7-16)13-25(26)27(21)36-28/h2-5,10-14,16-17,27-28H,6-9,15H2,1H3,(H2,31,33)(H,32,34)/t27-,28+/m1/s1. The minimum atomic E-state index is -0.124. The van der Waals surface area contributed by atoms with Gasteiger partial charge in [-0.15, -0.1) is 0 Å². The van der Waals surface area contributed by atoms with E-state index in [0.29, 0.717) is 12.1 Å². The van der Waals surface area contributed by atoms with Crippen molar-refractivity contribution < 1.29 is 14.4 Å². The minimum Gasteiger partial charge on any atom is -0.397 e. The number of oxime groups is 1. The third kappa shape index (κ3) is 3.51. The Morgan fingerprint density at radius 1 is 0.917 bits per heavy atom. The van der Waals surface area contributed by atoms with Gasteiger partial charge in [-0.3, -0.25) is 4.79 Å². The van der Waals surface area contributed by atoms with Crippen LogP contribution in [-0.4, -0.2) is 18.9 Å². The van der Waals surface area contributed by atoms with Crippen molar-refractivity contribution in [3.63, 3.8) is 0 Å². The largest absolute Gasteiger partial charge is 0.397 e. The van der Waals surface area contributed by atoms with E-state index in [1.165, 1.54) is 49.5 Å². The fraction of sp³-hybridized carbons (Fsp3) is 0.333. The van der Waals surface area contributed by atoms with Gasteiger partial charge in [0.15, 0.2) is 5.84 Å². The van der Waals surface area contributed by atoms with E-state index < -0.39 is 0 Å². The van der Waals surface area contributed by atoms with Gasteiger partial charge < -0.3 is 20.6 Å². The smallest absolute Gasteiger partial charge is 0.251 e. The van der Waals surface area contributed by atoms with E-state index in [9.17, 15) is 4.79 Å². The molecule has 4 aliphatic rings. The maximum atomic E-state index is 13.1. The third-order valence-corrected chi connectivity index (χ3v) is 8.00. The van der Waals surface area contributed by atoms with Gasteiger partial charge in [0.1, 0.15) is 19.3 Å². The molecule has 2 heterocycles. The number of ether oxygens (including phenoxy) is 1. The van der Waals surface area contributed by atoms with Crippen molar-refractivity contribution in [3.8, 4) is 0 Å². The lowest BCUT2D eigenvalue weighted by atomic mass is 9.82. The fourth-order valence-electron chi connectivity index (χ4n) is 5.91. The number of hydrogen-bond donors (Lipinski definition) is 2. The summed E-state index contributed by atoms with van der Waals surface area (Å²) in [6.07, 6.45) is 5.15. The van der Waals surface area contributed by atoms with Crippen molar-refractivity contribution in [2.45, 2.75) is 56.3 Å². The molecule has 0 spiro atoms. The predicted octanol–water partition coefficient (Wildman–Crippen LogP) is 5.16. The average Bonchev–Trinajstić information content (AvgIpc) is 3.84. The molecule has 3 aromatic carbocycles. The second kappa shape index (κ2) is 8.20. The van der Waals surface area contributed by atoms with Crippen LogP contribution in [0.4, 0.5) is 0 Å². The number of rotatable bonds is 7. The number of nitrogens with zero attached hydrogens (tertiary/aromatic N) is 1. The van der Waals surface area contributed by atoms with E-state index in [1.807, 2.05) is 36.4 Å². The maximum absolute atomic E-state index is 13.1. The van der Waals surface area contributed by atoms with Gasteiger partial charge in [0.25, 0.3) is 5.91 Å². The molecular weight excluding hydrogens is 450 g/mol. The first kappa shape index (κ1) is 21.6. The van der Waals surface area contributed by atoms with Gasteiger partial charge in [0, 0.05) is 17.7 Å². The van der Waals surface area contributed by atoms with Crippen molar-refractivity contribution in [2.75, 3.05) is 7.11 Å². The molecule has 2 bridgehead atoms. The fourth-order valence-corrected chi connectivity index (χ4v) is 5.91.